The van der Waals surface area contributed by atoms with E-state index in [4.69, 9.17) is 16.6 Å². The first-order chi connectivity index (χ1) is 7.24. The fraction of sp³-hybridized carbons (Fsp3) is 0.455. The lowest BCUT2D eigenvalue weighted by Gasteiger charge is -2.07. The number of hydrogen-bond acceptors (Lipinski definition) is 4. The molecular formula is C11H20ClN3O. The molecule has 0 saturated carbocycles. The van der Waals surface area contributed by atoms with E-state index in [-0.39, 0.29) is 19.0 Å². The van der Waals surface area contributed by atoms with Gasteiger partial charge in [-0.25, -0.2) is 0 Å². The summed E-state index contributed by atoms with van der Waals surface area (Å²) in [6, 6.07) is 5.57. The number of rotatable bonds is 6. The van der Waals surface area contributed by atoms with E-state index in [1.165, 1.54) is 0 Å². The molecule has 1 aromatic carbocycles. The molecule has 0 aliphatic carbocycles. The fourth-order valence-corrected chi connectivity index (χ4v) is 1.45. The minimum atomic E-state index is 0. The zero-order chi connectivity index (χ0) is 11.1. The molecule has 0 radical (unpaired) electrons. The zero-order valence-corrected chi connectivity index (χ0v) is 10.1. The molecule has 1 rings (SSSR count). The molecule has 0 amide bonds. The molecule has 0 bridgehead atoms. The molecule has 0 aromatic heterocycles. The van der Waals surface area contributed by atoms with Gasteiger partial charge in [-0.2, -0.15) is 0 Å². The summed E-state index contributed by atoms with van der Waals surface area (Å²) >= 11 is 0. The van der Waals surface area contributed by atoms with Crippen molar-refractivity contribution in [1.29, 1.82) is 0 Å². The first-order valence-corrected chi connectivity index (χ1v) is 5.19. The molecule has 4 nitrogen and oxygen atoms in total. The lowest BCUT2D eigenvalue weighted by Crippen LogP contribution is -2.19. The van der Waals surface area contributed by atoms with Gasteiger partial charge in [0.1, 0.15) is 0 Å². The molecule has 0 saturated heterocycles. The van der Waals surface area contributed by atoms with Crippen LogP contribution in [0, 0.1) is 0 Å². The third kappa shape index (κ3) is 5.21. The van der Waals surface area contributed by atoms with Crippen LogP contribution in [0.1, 0.15) is 12.0 Å². The van der Waals surface area contributed by atoms with Gasteiger partial charge in [-0.05, 0) is 43.1 Å². The molecule has 0 aliphatic heterocycles. The second-order valence-corrected chi connectivity index (χ2v) is 3.54. The van der Waals surface area contributed by atoms with Crippen molar-refractivity contribution >= 4 is 23.8 Å². The number of aliphatic hydroxyl groups excluding tert-OH is 1. The van der Waals surface area contributed by atoms with Crippen LogP contribution in [-0.4, -0.2) is 24.8 Å². The van der Waals surface area contributed by atoms with Crippen molar-refractivity contribution < 1.29 is 5.11 Å². The smallest absolute Gasteiger partial charge is 0.0555 e. The average molecular weight is 246 g/mol. The summed E-state index contributed by atoms with van der Waals surface area (Å²) in [5.41, 5.74) is 14.1. The molecule has 0 fully saturated rings. The summed E-state index contributed by atoms with van der Waals surface area (Å²) in [6.45, 7) is 1.71. The highest BCUT2D eigenvalue weighted by molar-refractivity contribution is 5.85. The van der Waals surface area contributed by atoms with Gasteiger partial charge in [-0.3, -0.25) is 0 Å². The highest BCUT2D eigenvalue weighted by atomic mass is 35.5. The average Bonchev–Trinajstić information content (AvgIpc) is 2.23. The second-order valence-electron chi connectivity index (χ2n) is 3.54. The Morgan fingerprint density at radius 1 is 1.19 bits per heavy atom. The Kier molecular flexibility index (Phi) is 7.72. The SMILES string of the molecule is Cl.Nc1ccc(N)c(CCCNCCO)c1. The van der Waals surface area contributed by atoms with E-state index in [0.29, 0.717) is 6.54 Å². The van der Waals surface area contributed by atoms with Crippen molar-refractivity contribution in [2.45, 2.75) is 12.8 Å². The van der Waals surface area contributed by atoms with Gasteiger partial charge in [0.15, 0.2) is 0 Å². The minimum Gasteiger partial charge on any atom is -0.399 e. The van der Waals surface area contributed by atoms with E-state index in [0.717, 1.165) is 36.3 Å². The van der Waals surface area contributed by atoms with Gasteiger partial charge in [0.2, 0.25) is 0 Å². The first-order valence-electron chi connectivity index (χ1n) is 5.19. The first kappa shape index (κ1) is 15.0. The van der Waals surface area contributed by atoms with E-state index >= 15 is 0 Å². The summed E-state index contributed by atoms with van der Waals surface area (Å²) in [4.78, 5) is 0. The standard InChI is InChI=1S/C11H19N3O.ClH/c12-10-3-4-11(13)9(8-10)2-1-5-14-6-7-15;/h3-4,8,14-15H,1-2,5-7,12-13H2;1H. The molecule has 5 heteroatoms. The van der Waals surface area contributed by atoms with E-state index in [9.17, 15) is 0 Å². The Balaban J connectivity index is 0.00000225. The highest BCUT2D eigenvalue weighted by Gasteiger charge is 1.99. The lowest BCUT2D eigenvalue weighted by molar-refractivity contribution is 0.292. The summed E-state index contributed by atoms with van der Waals surface area (Å²) in [6.07, 6.45) is 1.91. The van der Waals surface area contributed by atoms with E-state index in [2.05, 4.69) is 5.32 Å². The second kappa shape index (κ2) is 8.21. The summed E-state index contributed by atoms with van der Waals surface area (Å²) in [5.74, 6) is 0. The maximum absolute atomic E-state index is 8.56. The van der Waals surface area contributed by atoms with Crippen LogP contribution in [0.15, 0.2) is 18.2 Å². The highest BCUT2D eigenvalue weighted by Crippen LogP contribution is 2.16. The molecule has 0 aliphatic rings. The number of aryl methyl sites for hydroxylation is 1. The maximum atomic E-state index is 8.56. The number of benzene rings is 1. The van der Waals surface area contributed by atoms with Crippen LogP contribution in [0.4, 0.5) is 11.4 Å². The van der Waals surface area contributed by atoms with Crippen LogP contribution in [0.5, 0.6) is 0 Å². The van der Waals surface area contributed by atoms with Gasteiger partial charge in [0, 0.05) is 17.9 Å². The Morgan fingerprint density at radius 3 is 2.62 bits per heavy atom. The van der Waals surface area contributed by atoms with Crippen LogP contribution in [-0.2, 0) is 6.42 Å². The van der Waals surface area contributed by atoms with Gasteiger partial charge in [0.05, 0.1) is 6.61 Å². The number of halogens is 1. The predicted molar refractivity (Wildman–Crippen MR) is 70.8 cm³/mol. The summed E-state index contributed by atoms with van der Waals surface area (Å²) < 4.78 is 0. The lowest BCUT2D eigenvalue weighted by atomic mass is 10.1. The van der Waals surface area contributed by atoms with E-state index in [1.807, 2.05) is 18.2 Å². The van der Waals surface area contributed by atoms with Crippen molar-refractivity contribution in [2.24, 2.45) is 0 Å². The van der Waals surface area contributed by atoms with Gasteiger partial charge in [-0.1, -0.05) is 0 Å². The third-order valence-corrected chi connectivity index (χ3v) is 2.26. The number of nitrogens with one attached hydrogen (secondary N) is 1. The van der Waals surface area contributed by atoms with Crippen molar-refractivity contribution in [3.05, 3.63) is 23.8 Å². The van der Waals surface area contributed by atoms with Crippen molar-refractivity contribution in [3.8, 4) is 0 Å². The van der Waals surface area contributed by atoms with Crippen LogP contribution in [0.3, 0.4) is 0 Å². The van der Waals surface area contributed by atoms with Gasteiger partial charge in [-0.15, -0.1) is 12.4 Å². The number of aliphatic hydroxyl groups is 1. The third-order valence-electron chi connectivity index (χ3n) is 2.26. The topological polar surface area (TPSA) is 84.3 Å². The van der Waals surface area contributed by atoms with Crippen molar-refractivity contribution in [2.75, 3.05) is 31.2 Å². The van der Waals surface area contributed by atoms with E-state index in [1.54, 1.807) is 0 Å². The molecule has 92 valence electrons. The molecule has 0 heterocycles. The predicted octanol–water partition coefficient (Wildman–Crippen LogP) is 0.787. The quantitative estimate of drug-likeness (QED) is 0.441. The summed E-state index contributed by atoms with van der Waals surface area (Å²) in [5, 5.41) is 11.7. The van der Waals surface area contributed by atoms with Crippen molar-refractivity contribution in [3.63, 3.8) is 0 Å². The fourth-order valence-electron chi connectivity index (χ4n) is 1.45. The van der Waals surface area contributed by atoms with E-state index < -0.39 is 0 Å². The molecule has 0 spiro atoms. The zero-order valence-electron chi connectivity index (χ0n) is 9.28. The number of hydrogen-bond donors (Lipinski definition) is 4. The Hall–Kier alpha value is -0.970. The molecule has 6 N–H and O–H groups in total. The van der Waals surface area contributed by atoms with Crippen LogP contribution < -0.4 is 16.8 Å². The summed E-state index contributed by atoms with van der Waals surface area (Å²) in [7, 11) is 0. The van der Waals surface area contributed by atoms with Crippen LogP contribution in [0.2, 0.25) is 0 Å². The van der Waals surface area contributed by atoms with Crippen LogP contribution >= 0.6 is 12.4 Å². The molecule has 0 atom stereocenters. The maximum Gasteiger partial charge on any atom is 0.0555 e. The monoisotopic (exact) mass is 245 g/mol. The Labute approximate surface area is 102 Å². The van der Waals surface area contributed by atoms with Crippen molar-refractivity contribution in [1.82, 2.24) is 5.32 Å². The van der Waals surface area contributed by atoms with Gasteiger partial charge >= 0.3 is 0 Å². The minimum absolute atomic E-state index is 0. The molecule has 16 heavy (non-hydrogen) atoms. The number of nitrogen functional groups attached to an aromatic ring is 2. The Morgan fingerprint density at radius 2 is 1.94 bits per heavy atom. The number of nitrogens with two attached hydrogens (primary N) is 2. The number of anilines is 2. The molecule has 1 aromatic rings. The largest absolute Gasteiger partial charge is 0.399 e. The Bertz CT molecular complexity index is 307. The molecule has 0 unspecified atom stereocenters. The normalized spacial score (nSPS) is 9.81. The van der Waals surface area contributed by atoms with Gasteiger partial charge in [0.25, 0.3) is 0 Å². The van der Waals surface area contributed by atoms with Crippen LogP contribution in [0.25, 0.3) is 0 Å². The molecular weight excluding hydrogens is 226 g/mol. The van der Waals surface area contributed by atoms with Gasteiger partial charge < -0.3 is 21.9 Å².